The summed E-state index contributed by atoms with van der Waals surface area (Å²) in [4.78, 5) is 17.3. The molecule has 2 aliphatic heterocycles. The number of ether oxygens (including phenoxy) is 2. The molecule has 1 amide bonds. The molecule has 3 fully saturated rings. The van der Waals surface area contributed by atoms with Gasteiger partial charge in [-0.1, -0.05) is 36.4 Å². The Labute approximate surface area is 211 Å². The standard InChI is InChI=1S/C29H34N2O5/c1-30(27(33)35-17-19-5-3-2-4-6-19)21-11-12-29(34)23-15-20-9-10-22(32)25-24(20)28(29,26(21)36-25)13-14-31(23)16-18-7-8-18/h2-6,9-10,18,21,23,26,32,34H,7-8,11-17H2,1H3/t21-,23+,26+,28+,29-/m1/s1. The van der Waals surface area contributed by atoms with Gasteiger partial charge in [-0.05, 0) is 68.2 Å². The van der Waals surface area contributed by atoms with E-state index in [1.54, 1.807) is 18.0 Å². The van der Waals surface area contributed by atoms with Crippen LogP contribution in [0.2, 0.25) is 0 Å². The van der Waals surface area contributed by atoms with Gasteiger partial charge < -0.3 is 24.6 Å². The molecule has 0 radical (unpaired) electrons. The normalized spacial score (nSPS) is 34.0. The van der Waals surface area contributed by atoms with Crippen LogP contribution >= 0.6 is 0 Å². The summed E-state index contributed by atoms with van der Waals surface area (Å²) in [6, 6.07) is 13.2. The number of aliphatic hydroxyl groups is 1. The number of likely N-dealkylation sites (N-methyl/N-ethyl adjacent to an activating group) is 1. The number of rotatable bonds is 5. The van der Waals surface area contributed by atoms with Crippen molar-refractivity contribution in [1.82, 2.24) is 9.80 Å². The highest BCUT2D eigenvalue weighted by atomic mass is 16.6. The molecule has 5 aliphatic rings. The molecule has 2 N–H and O–H groups in total. The number of carbonyl (C=O) groups excluding carboxylic acids is 1. The van der Waals surface area contributed by atoms with Crippen molar-refractivity contribution in [3.05, 3.63) is 59.2 Å². The van der Waals surface area contributed by atoms with Gasteiger partial charge in [-0.25, -0.2) is 4.79 Å². The molecule has 2 saturated carbocycles. The molecule has 2 aromatic rings. The third kappa shape index (κ3) is 3.02. The van der Waals surface area contributed by atoms with Gasteiger partial charge in [0.05, 0.1) is 17.1 Å². The van der Waals surface area contributed by atoms with E-state index in [-0.39, 0.29) is 24.4 Å². The molecule has 36 heavy (non-hydrogen) atoms. The number of likely N-dealkylation sites (tertiary alicyclic amines) is 1. The number of nitrogens with zero attached hydrogens (tertiary/aromatic N) is 2. The fourth-order valence-electron chi connectivity index (χ4n) is 7.81. The fourth-order valence-corrected chi connectivity index (χ4v) is 7.81. The van der Waals surface area contributed by atoms with Gasteiger partial charge in [0.25, 0.3) is 0 Å². The molecular weight excluding hydrogens is 456 g/mol. The molecule has 7 heteroatoms. The van der Waals surface area contributed by atoms with Crippen LogP contribution in [0, 0.1) is 5.92 Å². The van der Waals surface area contributed by atoms with Crippen molar-refractivity contribution in [2.24, 2.45) is 5.92 Å². The number of phenols is 1. The third-order valence-corrected chi connectivity index (χ3v) is 9.72. The lowest BCUT2D eigenvalue weighted by Gasteiger charge is -2.64. The summed E-state index contributed by atoms with van der Waals surface area (Å²) >= 11 is 0. The van der Waals surface area contributed by atoms with Gasteiger partial charge in [0, 0.05) is 25.2 Å². The summed E-state index contributed by atoms with van der Waals surface area (Å²) in [5.41, 5.74) is 1.48. The SMILES string of the molecule is CN(C(=O)OCc1ccccc1)[C@@H]1CC[C@@]2(O)[C@@H]3Cc4ccc(O)c5c4[C@@]2(CCN3CC2CC2)[C@H]1O5. The number of hydrogen-bond acceptors (Lipinski definition) is 6. The molecule has 7 rings (SSSR count). The van der Waals surface area contributed by atoms with E-state index in [1.807, 2.05) is 36.4 Å². The number of carbonyl (C=O) groups is 1. The maximum atomic E-state index is 13.2. The lowest BCUT2D eigenvalue weighted by atomic mass is 9.48. The monoisotopic (exact) mass is 490 g/mol. The smallest absolute Gasteiger partial charge is 0.410 e. The van der Waals surface area contributed by atoms with Crippen molar-refractivity contribution in [2.45, 2.75) is 74.3 Å². The van der Waals surface area contributed by atoms with Crippen molar-refractivity contribution < 1.29 is 24.5 Å². The Morgan fingerprint density at radius 3 is 2.75 bits per heavy atom. The molecule has 2 heterocycles. The van der Waals surface area contributed by atoms with Gasteiger partial charge in [-0.3, -0.25) is 4.90 Å². The second-order valence-electron chi connectivity index (χ2n) is 11.5. The highest BCUT2D eigenvalue weighted by molar-refractivity contribution is 5.69. The van der Waals surface area contributed by atoms with Crippen LogP contribution in [0.4, 0.5) is 4.79 Å². The molecule has 2 aromatic carbocycles. The summed E-state index contributed by atoms with van der Waals surface area (Å²) < 4.78 is 12.2. The van der Waals surface area contributed by atoms with E-state index in [0.717, 1.165) is 48.5 Å². The van der Waals surface area contributed by atoms with E-state index in [9.17, 15) is 15.0 Å². The van der Waals surface area contributed by atoms with Gasteiger partial charge in [-0.15, -0.1) is 0 Å². The van der Waals surface area contributed by atoms with E-state index in [4.69, 9.17) is 9.47 Å². The topological polar surface area (TPSA) is 82.5 Å². The van der Waals surface area contributed by atoms with Crippen molar-refractivity contribution in [2.75, 3.05) is 20.1 Å². The number of hydrogen-bond donors (Lipinski definition) is 2. The van der Waals surface area contributed by atoms with Crippen LogP contribution in [0.1, 0.15) is 48.8 Å². The zero-order valence-corrected chi connectivity index (χ0v) is 20.7. The van der Waals surface area contributed by atoms with E-state index in [1.165, 1.54) is 12.8 Å². The number of piperidine rings is 1. The van der Waals surface area contributed by atoms with Crippen molar-refractivity contribution in [3.63, 3.8) is 0 Å². The third-order valence-electron chi connectivity index (χ3n) is 9.72. The van der Waals surface area contributed by atoms with Gasteiger partial charge >= 0.3 is 6.09 Å². The molecule has 1 saturated heterocycles. The van der Waals surface area contributed by atoms with Crippen LogP contribution in [0.25, 0.3) is 0 Å². The number of aromatic hydroxyl groups is 1. The maximum Gasteiger partial charge on any atom is 0.410 e. The summed E-state index contributed by atoms with van der Waals surface area (Å²) in [7, 11) is 1.77. The average molecular weight is 491 g/mol. The second kappa shape index (κ2) is 7.86. The first kappa shape index (κ1) is 22.4. The molecule has 5 atom stereocenters. The molecule has 0 aromatic heterocycles. The summed E-state index contributed by atoms with van der Waals surface area (Å²) in [6.45, 7) is 2.15. The minimum absolute atomic E-state index is 0.0252. The Balaban J connectivity index is 1.23. The zero-order valence-electron chi connectivity index (χ0n) is 20.7. The number of amides is 1. The van der Waals surface area contributed by atoms with Crippen LogP contribution in [0.15, 0.2) is 42.5 Å². The minimum Gasteiger partial charge on any atom is -0.504 e. The predicted octanol–water partition coefficient (Wildman–Crippen LogP) is 3.59. The maximum absolute atomic E-state index is 13.2. The molecule has 7 nitrogen and oxygen atoms in total. The predicted molar refractivity (Wildman–Crippen MR) is 133 cm³/mol. The first-order valence-electron chi connectivity index (χ1n) is 13.3. The molecule has 2 bridgehead atoms. The molecular formula is C29H34N2O5. The van der Waals surface area contributed by atoms with Crippen LogP contribution in [0.5, 0.6) is 11.5 Å². The molecule has 190 valence electrons. The summed E-state index contributed by atoms with van der Waals surface area (Å²) in [6.07, 6.45) is 4.47. The van der Waals surface area contributed by atoms with Crippen molar-refractivity contribution in [1.29, 1.82) is 0 Å². The van der Waals surface area contributed by atoms with E-state index in [2.05, 4.69) is 4.90 Å². The van der Waals surface area contributed by atoms with Crippen LogP contribution in [0.3, 0.4) is 0 Å². The Morgan fingerprint density at radius 1 is 1.17 bits per heavy atom. The largest absolute Gasteiger partial charge is 0.504 e. The summed E-state index contributed by atoms with van der Waals surface area (Å²) in [5.74, 6) is 1.37. The molecule has 1 spiro atoms. The molecule has 3 aliphatic carbocycles. The Bertz CT molecular complexity index is 1200. The van der Waals surface area contributed by atoms with E-state index in [0.29, 0.717) is 18.6 Å². The summed E-state index contributed by atoms with van der Waals surface area (Å²) in [5, 5.41) is 23.4. The zero-order chi connectivity index (χ0) is 24.7. The quantitative estimate of drug-likeness (QED) is 0.667. The highest BCUT2D eigenvalue weighted by Crippen LogP contribution is 2.66. The van der Waals surface area contributed by atoms with Crippen LogP contribution < -0.4 is 4.74 Å². The number of phenolic OH excluding ortho intramolecular Hbond substituents is 1. The second-order valence-corrected chi connectivity index (χ2v) is 11.5. The Hall–Kier alpha value is -2.77. The fraction of sp³-hybridized carbons (Fsp3) is 0.552. The van der Waals surface area contributed by atoms with Crippen molar-refractivity contribution in [3.8, 4) is 11.5 Å². The van der Waals surface area contributed by atoms with Crippen molar-refractivity contribution >= 4 is 6.09 Å². The first-order chi connectivity index (χ1) is 17.4. The van der Waals surface area contributed by atoms with Gasteiger partial charge in [0.2, 0.25) is 0 Å². The van der Waals surface area contributed by atoms with Gasteiger partial charge in [0.15, 0.2) is 11.5 Å². The lowest BCUT2D eigenvalue weighted by Crippen LogP contribution is -2.78. The van der Waals surface area contributed by atoms with E-state index >= 15 is 0 Å². The molecule has 0 unspecified atom stereocenters. The first-order valence-corrected chi connectivity index (χ1v) is 13.3. The van der Waals surface area contributed by atoms with Crippen LogP contribution in [-0.2, 0) is 23.2 Å². The van der Waals surface area contributed by atoms with Gasteiger partial charge in [0.1, 0.15) is 12.7 Å². The van der Waals surface area contributed by atoms with Crippen LogP contribution in [-0.4, -0.2) is 70.0 Å². The minimum atomic E-state index is -0.956. The number of benzene rings is 2. The Morgan fingerprint density at radius 2 is 1.97 bits per heavy atom. The average Bonchev–Trinajstić information content (AvgIpc) is 3.63. The van der Waals surface area contributed by atoms with E-state index < -0.39 is 23.2 Å². The lowest BCUT2D eigenvalue weighted by molar-refractivity contribution is -0.198. The Kier molecular flexibility index (Phi) is 4.90. The van der Waals surface area contributed by atoms with Gasteiger partial charge in [-0.2, -0.15) is 0 Å². The highest BCUT2D eigenvalue weighted by Gasteiger charge is 2.73.